The maximum absolute atomic E-state index is 12.2. The van der Waals surface area contributed by atoms with E-state index in [0.717, 1.165) is 51.9 Å². The van der Waals surface area contributed by atoms with Crippen LogP contribution in [0.15, 0.2) is 24.3 Å². The second-order valence-corrected chi connectivity index (χ2v) is 7.19. The lowest BCUT2D eigenvalue weighted by atomic mass is 10.1. The normalized spacial score (nSPS) is 15.2. The van der Waals surface area contributed by atoms with Gasteiger partial charge in [0.2, 0.25) is 11.8 Å². The van der Waals surface area contributed by atoms with Crippen molar-refractivity contribution < 1.29 is 9.59 Å². The van der Waals surface area contributed by atoms with E-state index in [1.807, 2.05) is 4.90 Å². The lowest BCUT2D eigenvalue weighted by Gasteiger charge is -2.22. The number of hydrogen-bond acceptors (Lipinski definition) is 3. The Morgan fingerprint density at radius 2 is 2.12 bits per heavy atom. The molecule has 144 valence electrons. The third-order valence-electron chi connectivity index (χ3n) is 4.90. The molecule has 1 aromatic carbocycles. The van der Waals surface area contributed by atoms with E-state index in [-0.39, 0.29) is 11.8 Å². The first kappa shape index (κ1) is 20.4. The fraction of sp³-hybridized carbons (Fsp3) is 0.619. The van der Waals surface area contributed by atoms with Crippen molar-refractivity contribution in [3.8, 4) is 0 Å². The van der Waals surface area contributed by atoms with Crippen molar-refractivity contribution in [2.24, 2.45) is 0 Å². The van der Waals surface area contributed by atoms with Crippen LogP contribution in [0.5, 0.6) is 0 Å². The van der Waals surface area contributed by atoms with E-state index in [4.69, 9.17) is 0 Å². The highest BCUT2D eigenvalue weighted by Crippen LogP contribution is 2.11. The van der Waals surface area contributed by atoms with E-state index in [1.165, 1.54) is 11.1 Å². The largest absolute Gasteiger partial charge is 0.355 e. The molecule has 1 heterocycles. The fourth-order valence-corrected chi connectivity index (χ4v) is 3.38. The van der Waals surface area contributed by atoms with Crippen molar-refractivity contribution >= 4 is 11.8 Å². The summed E-state index contributed by atoms with van der Waals surface area (Å²) >= 11 is 0. The number of carbonyl (C=O) groups is 2. The van der Waals surface area contributed by atoms with Crippen LogP contribution in [0.4, 0.5) is 0 Å². The Morgan fingerprint density at radius 1 is 1.27 bits per heavy atom. The number of nitrogens with zero attached hydrogens (tertiary/aromatic N) is 2. The summed E-state index contributed by atoms with van der Waals surface area (Å²) in [5, 5.41) is 3.00. The molecule has 0 atom stereocenters. The molecule has 0 saturated carbocycles. The average molecular weight is 360 g/mol. The Labute approximate surface area is 157 Å². The molecule has 2 rings (SSSR count). The molecule has 0 aliphatic carbocycles. The van der Waals surface area contributed by atoms with E-state index in [1.54, 1.807) is 0 Å². The first-order valence-corrected chi connectivity index (χ1v) is 9.91. The van der Waals surface area contributed by atoms with Crippen molar-refractivity contribution in [2.45, 2.75) is 52.5 Å². The van der Waals surface area contributed by atoms with Gasteiger partial charge in [-0.05, 0) is 38.3 Å². The highest BCUT2D eigenvalue weighted by molar-refractivity contribution is 5.78. The second-order valence-electron chi connectivity index (χ2n) is 7.19. The summed E-state index contributed by atoms with van der Waals surface area (Å²) in [5.74, 6) is 0.325. The van der Waals surface area contributed by atoms with Gasteiger partial charge in [0.15, 0.2) is 0 Å². The molecular formula is C21H33N3O2. The Balaban J connectivity index is 1.67. The van der Waals surface area contributed by atoms with Crippen LogP contribution in [0.2, 0.25) is 0 Å². The van der Waals surface area contributed by atoms with Gasteiger partial charge >= 0.3 is 0 Å². The van der Waals surface area contributed by atoms with Crippen LogP contribution in [-0.2, 0) is 16.1 Å². The Bertz CT molecular complexity index is 588. The number of aryl methyl sites for hydroxylation is 1. The average Bonchev–Trinajstić information content (AvgIpc) is 2.82. The maximum Gasteiger partial charge on any atom is 0.234 e. The fourth-order valence-electron chi connectivity index (χ4n) is 3.38. The molecule has 0 aromatic heterocycles. The van der Waals surface area contributed by atoms with Crippen LogP contribution in [0.1, 0.15) is 50.2 Å². The molecule has 26 heavy (non-hydrogen) atoms. The molecule has 0 radical (unpaired) electrons. The molecule has 0 spiro atoms. The van der Waals surface area contributed by atoms with E-state index in [0.29, 0.717) is 19.5 Å². The molecule has 5 nitrogen and oxygen atoms in total. The predicted molar refractivity (Wildman–Crippen MR) is 105 cm³/mol. The number of benzene rings is 1. The van der Waals surface area contributed by atoms with Crippen molar-refractivity contribution in [3.05, 3.63) is 35.4 Å². The quantitative estimate of drug-likeness (QED) is 0.690. The van der Waals surface area contributed by atoms with Gasteiger partial charge < -0.3 is 10.2 Å². The van der Waals surface area contributed by atoms with Crippen LogP contribution in [0, 0.1) is 6.92 Å². The number of likely N-dealkylation sites (N-methyl/N-ethyl adjacent to an activating group) is 1. The molecule has 1 aliphatic heterocycles. The molecular weight excluding hydrogens is 326 g/mol. The third-order valence-corrected chi connectivity index (χ3v) is 4.90. The Hall–Kier alpha value is -1.88. The highest BCUT2D eigenvalue weighted by Gasteiger charge is 2.16. The number of rotatable bonds is 9. The number of amides is 2. The lowest BCUT2D eigenvalue weighted by Crippen LogP contribution is -2.38. The Kier molecular flexibility index (Phi) is 8.62. The summed E-state index contributed by atoms with van der Waals surface area (Å²) in [7, 11) is 0. The summed E-state index contributed by atoms with van der Waals surface area (Å²) in [4.78, 5) is 28.3. The van der Waals surface area contributed by atoms with Gasteiger partial charge in [0, 0.05) is 32.6 Å². The molecule has 0 bridgehead atoms. The first-order valence-electron chi connectivity index (χ1n) is 9.91. The number of carbonyl (C=O) groups excluding carboxylic acids is 2. The SMILES string of the molecule is CCN(CC(=O)NCCCN1CCCCCC1=O)Cc1cccc(C)c1. The van der Waals surface area contributed by atoms with E-state index in [2.05, 4.69) is 48.3 Å². The second kappa shape index (κ2) is 11.0. The zero-order chi connectivity index (χ0) is 18.8. The van der Waals surface area contributed by atoms with Gasteiger partial charge in [0.05, 0.1) is 6.54 Å². The van der Waals surface area contributed by atoms with E-state index in [9.17, 15) is 9.59 Å². The molecule has 1 N–H and O–H groups in total. The van der Waals surface area contributed by atoms with Gasteiger partial charge in [-0.1, -0.05) is 43.2 Å². The minimum absolute atomic E-state index is 0.0571. The van der Waals surface area contributed by atoms with Crippen molar-refractivity contribution in [1.29, 1.82) is 0 Å². The van der Waals surface area contributed by atoms with E-state index < -0.39 is 0 Å². The van der Waals surface area contributed by atoms with Crippen molar-refractivity contribution in [3.63, 3.8) is 0 Å². The van der Waals surface area contributed by atoms with Crippen LogP contribution in [0.25, 0.3) is 0 Å². The predicted octanol–water partition coefficient (Wildman–Crippen LogP) is 2.73. The van der Waals surface area contributed by atoms with Gasteiger partial charge in [-0.3, -0.25) is 14.5 Å². The molecule has 1 aromatic rings. The monoisotopic (exact) mass is 359 g/mol. The number of nitrogens with one attached hydrogen (secondary N) is 1. The molecule has 0 unspecified atom stereocenters. The van der Waals surface area contributed by atoms with Crippen LogP contribution >= 0.6 is 0 Å². The van der Waals surface area contributed by atoms with Crippen LogP contribution in [0.3, 0.4) is 0 Å². The topological polar surface area (TPSA) is 52.7 Å². The van der Waals surface area contributed by atoms with Crippen molar-refractivity contribution in [2.75, 3.05) is 32.7 Å². The van der Waals surface area contributed by atoms with Gasteiger partial charge in [0.25, 0.3) is 0 Å². The number of likely N-dealkylation sites (tertiary alicyclic amines) is 1. The molecule has 1 saturated heterocycles. The van der Waals surface area contributed by atoms with Crippen LogP contribution < -0.4 is 5.32 Å². The van der Waals surface area contributed by atoms with Gasteiger partial charge in [-0.15, -0.1) is 0 Å². The summed E-state index contributed by atoms with van der Waals surface area (Å²) in [6.07, 6.45) is 4.76. The zero-order valence-corrected chi connectivity index (χ0v) is 16.3. The van der Waals surface area contributed by atoms with Crippen molar-refractivity contribution in [1.82, 2.24) is 15.1 Å². The smallest absolute Gasteiger partial charge is 0.234 e. The zero-order valence-electron chi connectivity index (χ0n) is 16.3. The summed E-state index contributed by atoms with van der Waals surface area (Å²) in [6, 6.07) is 8.41. The van der Waals surface area contributed by atoms with Gasteiger partial charge in [0.1, 0.15) is 0 Å². The van der Waals surface area contributed by atoms with Gasteiger partial charge in [-0.25, -0.2) is 0 Å². The number of hydrogen-bond donors (Lipinski definition) is 1. The minimum atomic E-state index is 0.0571. The highest BCUT2D eigenvalue weighted by atomic mass is 16.2. The molecule has 2 amide bonds. The molecule has 5 heteroatoms. The third kappa shape index (κ3) is 7.16. The van der Waals surface area contributed by atoms with Gasteiger partial charge in [-0.2, -0.15) is 0 Å². The minimum Gasteiger partial charge on any atom is -0.355 e. The lowest BCUT2D eigenvalue weighted by molar-refractivity contribution is -0.130. The molecule has 1 aliphatic rings. The van der Waals surface area contributed by atoms with Crippen LogP contribution in [-0.4, -0.2) is 54.3 Å². The summed E-state index contributed by atoms with van der Waals surface area (Å²) in [6.45, 7) is 8.44. The standard InChI is InChI=1S/C21H33N3O2/c1-3-23(16-19-10-7-9-18(2)15-19)17-20(25)22-12-8-14-24-13-6-4-5-11-21(24)26/h7,9-10,15H,3-6,8,11-14,16-17H2,1-2H3,(H,22,25). The summed E-state index contributed by atoms with van der Waals surface area (Å²) in [5.41, 5.74) is 2.48. The Morgan fingerprint density at radius 3 is 2.88 bits per heavy atom. The molecule has 1 fully saturated rings. The maximum atomic E-state index is 12.2. The van der Waals surface area contributed by atoms with E-state index >= 15 is 0 Å². The summed E-state index contributed by atoms with van der Waals surface area (Å²) < 4.78 is 0. The first-order chi connectivity index (χ1) is 12.6.